The third kappa shape index (κ3) is 1.63. The van der Waals surface area contributed by atoms with Crippen LogP contribution >= 0.6 is 12.2 Å². The smallest absolute Gasteiger partial charge is 0.182 e. The highest BCUT2D eigenvalue weighted by atomic mass is 32.1. The van der Waals surface area contributed by atoms with Crippen molar-refractivity contribution in [1.29, 1.82) is 0 Å². The van der Waals surface area contributed by atoms with Gasteiger partial charge in [0.1, 0.15) is 0 Å². The third-order valence-corrected chi connectivity index (χ3v) is 2.74. The van der Waals surface area contributed by atoms with E-state index in [4.69, 9.17) is 12.2 Å². The second-order valence-electron chi connectivity index (χ2n) is 3.55. The van der Waals surface area contributed by atoms with Crippen LogP contribution in [0.5, 0.6) is 0 Å². The van der Waals surface area contributed by atoms with Crippen LogP contribution in [0.2, 0.25) is 0 Å². The molecule has 4 nitrogen and oxygen atoms in total. The van der Waals surface area contributed by atoms with Crippen molar-refractivity contribution >= 4 is 12.2 Å². The lowest BCUT2D eigenvalue weighted by Gasteiger charge is -2.03. The second-order valence-corrected chi connectivity index (χ2v) is 3.93. The fourth-order valence-electron chi connectivity index (χ4n) is 1.74. The van der Waals surface area contributed by atoms with Gasteiger partial charge in [-0.25, -0.2) is 0 Å². The molecule has 0 saturated heterocycles. The summed E-state index contributed by atoms with van der Waals surface area (Å²) in [6, 6.07) is 0. The predicted octanol–water partition coefficient (Wildman–Crippen LogP) is 2.14. The van der Waals surface area contributed by atoms with Gasteiger partial charge in [-0.15, -0.1) is 0 Å². The van der Waals surface area contributed by atoms with Crippen LogP contribution in [0.25, 0.3) is 5.69 Å². The van der Waals surface area contributed by atoms with Gasteiger partial charge in [0.2, 0.25) is 0 Å². The van der Waals surface area contributed by atoms with Crippen molar-refractivity contribution in [1.82, 2.24) is 19.3 Å². The number of rotatable bonds is 2. The molecule has 15 heavy (non-hydrogen) atoms. The first kappa shape index (κ1) is 10.2. The van der Waals surface area contributed by atoms with Gasteiger partial charge in [-0.2, -0.15) is 5.10 Å². The average molecular weight is 222 g/mol. The van der Waals surface area contributed by atoms with Crippen LogP contribution in [-0.2, 0) is 13.5 Å². The van der Waals surface area contributed by atoms with E-state index in [1.807, 2.05) is 30.9 Å². The Balaban J connectivity index is 2.67. The molecule has 0 bridgehead atoms. The topological polar surface area (TPSA) is 38.5 Å². The number of nitrogens with one attached hydrogen (secondary N) is 1. The van der Waals surface area contributed by atoms with Gasteiger partial charge < -0.3 is 4.98 Å². The van der Waals surface area contributed by atoms with E-state index in [0.717, 1.165) is 22.6 Å². The van der Waals surface area contributed by atoms with Crippen LogP contribution in [0.15, 0.2) is 12.4 Å². The van der Waals surface area contributed by atoms with E-state index in [9.17, 15) is 0 Å². The molecule has 0 radical (unpaired) electrons. The summed E-state index contributed by atoms with van der Waals surface area (Å²) in [7, 11) is 1.92. The maximum absolute atomic E-state index is 5.26. The summed E-state index contributed by atoms with van der Waals surface area (Å²) < 4.78 is 4.57. The van der Waals surface area contributed by atoms with Gasteiger partial charge in [0.25, 0.3) is 0 Å². The summed E-state index contributed by atoms with van der Waals surface area (Å²) in [5.41, 5.74) is 3.22. The molecular weight excluding hydrogens is 208 g/mol. The maximum Gasteiger partial charge on any atom is 0.182 e. The van der Waals surface area contributed by atoms with Gasteiger partial charge in [0.05, 0.1) is 11.4 Å². The van der Waals surface area contributed by atoms with E-state index in [-0.39, 0.29) is 0 Å². The molecule has 2 aromatic rings. The Bertz CT molecular complexity index is 532. The first-order chi connectivity index (χ1) is 7.13. The second kappa shape index (κ2) is 3.66. The van der Waals surface area contributed by atoms with Gasteiger partial charge >= 0.3 is 0 Å². The first-order valence-electron chi connectivity index (χ1n) is 4.93. The van der Waals surface area contributed by atoms with E-state index in [1.54, 1.807) is 4.68 Å². The number of aromatic nitrogens is 4. The molecule has 5 heteroatoms. The van der Waals surface area contributed by atoms with Crippen molar-refractivity contribution < 1.29 is 0 Å². The molecule has 0 aliphatic heterocycles. The Morgan fingerprint density at radius 1 is 1.53 bits per heavy atom. The average Bonchev–Trinajstić information content (AvgIpc) is 2.69. The van der Waals surface area contributed by atoms with Crippen LogP contribution in [0.4, 0.5) is 0 Å². The van der Waals surface area contributed by atoms with Crippen molar-refractivity contribution in [2.75, 3.05) is 0 Å². The Hall–Kier alpha value is -1.36. The van der Waals surface area contributed by atoms with Gasteiger partial charge in [0, 0.05) is 25.1 Å². The van der Waals surface area contributed by atoms with Crippen LogP contribution in [0.3, 0.4) is 0 Å². The summed E-state index contributed by atoms with van der Waals surface area (Å²) >= 11 is 5.26. The van der Waals surface area contributed by atoms with Crippen molar-refractivity contribution in [2.24, 2.45) is 7.05 Å². The Morgan fingerprint density at radius 2 is 2.27 bits per heavy atom. The molecule has 0 spiro atoms. The zero-order chi connectivity index (χ0) is 11.0. The van der Waals surface area contributed by atoms with E-state index >= 15 is 0 Å². The third-order valence-electron chi connectivity index (χ3n) is 2.44. The molecule has 2 heterocycles. The molecule has 0 aromatic carbocycles. The molecule has 1 N–H and O–H groups in total. The minimum atomic E-state index is 0.725. The van der Waals surface area contributed by atoms with Crippen LogP contribution in [0, 0.1) is 11.7 Å². The molecule has 0 amide bonds. The number of H-pyrrole nitrogens is 1. The van der Waals surface area contributed by atoms with E-state index < -0.39 is 0 Å². The number of hydrogen-bond acceptors (Lipinski definition) is 2. The lowest BCUT2D eigenvalue weighted by molar-refractivity contribution is 0.756. The van der Waals surface area contributed by atoms with Crippen LogP contribution in [-0.4, -0.2) is 19.3 Å². The number of imidazole rings is 1. The minimum absolute atomic E-state index is 0.725. The van der Waals surface area contributed by atoms with Gasteiger partial charge in [-0.1, -0.05) is 6.92 Å². The molecule has 0 aliphatic rings. The minimum Gasteiger partial charge on any atom is -0.337 e. The Morgan fingerprint density at radius 3 is 2.80 bits per heavy atom. The first-order valence-corrected chi connectivity index (χ1v) is 5.34. The maximum atomic E-state index is 5.26. The zero-order valence-electron chi connectivity index (χ0n) is 9.11. The molecule has 2 aromatic heterocycles. The van der Waals surface area contributed by atoms with Gasteiger partial charge in [-0.05, 0) is 25.6 Å². The SMILES string of the molecule is CCc1c[nH]c(=S)n1-c1cn(C)nc1C. The Kier molecular flexibility index (Phi) is 2.48. The van der Waals surface area contributed by atoms with E-state index in [1.165, 1.54) is 5.69 Å². The molecule has 0 aliphatic carbocycles. The molecule has 2 rings (SSSR count). The van der Waals surface area contributed by atoms with Crippen LogP contribution < -0.4 is 0 Å². The van der Waals surface area contributed by atoms with Crippen LogP contribution in [0.1, 0.15) is 18.3 Å². The summed E-state index contributed by atoms with van der Waals surface area (Å²) in [5, 5.41) is 4.32. The highest BCUT2D eigenvalue weighted by Gasteiger charge is 2.09. The molecule has 80 valence electrons. The van der Waals surface area contributed by atoms with E-state index in [2.05, 4.69) is 17.0 Å². The summed E-state index contributed by atoms with van der Waals surface area (Å²) in [6.07, 6.45) is 4.88. The lowest BCUT2D eigenvalue weighted by Crippen LogP contribution is -1.99. The number of aromatic amines is 1. The van der Waals surface area contributed by atoms with Crippen molar-refractivity contribution in [3.8, 4) is 5.69 Å². The monoisotopic (exact) mass is 222 g/mol. The fraction of sp³-hybridized carbons (Fsp3) is 0.400. The fourth-order valence-corrected chi connectivity index (χ4v) is 2.01. The Labute approximate surface area is 93.6 Å². The lowest BCUT2D eigenvalue weighted by atomic mass is 10.3. The summed E-state index contributed by atoms with van der Waals surface area (Å²) in [6.45, 7) is 4.10. The highest BCUT2D eigenvalue weighted by Crippen LogP contribution is 2.15. The quantitative estimate of drug-likeness (QED) is 0.791. The van der Waals surface area contributed by atoms with Crippen molar-refractivity contribution in [2.45, 2.75) is 20.3 Å². The van der Waals surface area contributed by atoms with Crippen molar-refractivity contribution in [3.05, 3.63) is 28.6 Å². The van der Waals surface area contributed by atoms with Crippen molar-refractivity contribution in [3.63, 3.8) is 0 Å². The normalized spacial score (nSPS) is 10.9. The summed E-state index contributed by atoms with van der Waals surface area (Å²) in [4.78, 5) is 3.06. The largest absolute Gasteiger partial charge is 0.337 e. The number of nitrogens with zero attached hydrogens (tertiary/aromatic N) is 3. The van der Waals surface area contributed by atoms with E-state index in [0.29, 0.717) is 0 Å². The summed E-state index contributed by atoms with van der Waals surface area (Å²) in [5.74, 6) is 0. The number of hydrogen-bond donors (Lipinski definition) is 1. The molecule has 0 atom stereocenters. The molecular formula is C10H14N4S. The molecule has 0 saturated carbocycles. The predicted molar refractivity (Wildman–Crippen MR) is 61.8 cm³/mol. The highest BCUT2D eigenvalue weighted by molar-refractivity contribution is 7.71. The van der Waals surface area contributed by atoms with Gasteiger partial charge in [0.15, 0.2) is 4.77 Å². The zero-order valence-corrected chi connectivity index (χ0v) is 9.93. The van der Waals surface area contributed by atoms with Gasteiger partial charge in [-0.3, -0.25) is 9.25 Å². The molecule has 0 unspecified atom stereocenters. The molecule has 0 fully saturated rings. The standard InChI is InChI=1S/C10H14N4S/c1-4-8-5-11-10(15)14(8)9-6-13(3)12-7(9)2/h5-6H,4H2,1-3H3,(H,11,15). The number of aryl methyl sites for hydroxylation is 3.